The normalized spacial score (nSPS) is 10.3. The lowest BCUT2D eigenvalue weighted by Crippen LogP contribution is -2.36. The van der Waals surface area contributed by atoms with Gasteiger partial charge in [0.15, 0.2) is 0 Å². The van der Waals surface area contributed by atoms with Gasteiger partial charge in [0.1, 0.15) is 0 Å². The minimum atomic E-state index is -0.0684. The fraction of sp³-hybridized carbons (Fsp3) is 0.429. The summed E-state index contributed by atoms with van der Waals surface area (Å²) in [6.45, 7) is 4.54. The zero-order valence-electron chi connectivity index (χ0n) is 11.2. The molecule has 0 atom stereocenters. The van der Waals surface area contributed by atoms with Crippen molar-refractivity contribution in [3.63, 3.8) is 0 Å². The third kappa shape index (κ3) is 6.25. The highest BCUT2D eigenvalue weighted by atomic mass is 35.5. The maximum absolute atomic E-state index is 11.6. The molecule has 0 aliphatic heterocycles. The number of amides is 2. The number of halogens is 1. The van der Waals surface area contributed by atoms with E-state index in [1.54, 1.807) is 12.1 Å². The minimum absolute atomic E-state index is 0.00745. The molecule has 104 valence electrons. The van der Waals surface area contributed by atoms with Gasteiger partial charge in [-0.2, -0.15) is 0 Å². The number of hydrogen-bond donors (Lipinski definition) is 2. The molecule has 0 heterocycles. The Bertz CT molecular complexity index is 430. The highest BCUT2D eigenvalue weighted by Gasteiger charge is 2.06. The van der Waals surface area contributed by atoms with Gasteiger partial charge in [-0.15, -0.1) is 0 Å². The van der Waals surface area contributed by atoms with Crippen molar-refractivity contribution in [3.8, 4) is 0 Å². The first-order valence-electron chi connectivity index (χ1n) is 6.28. The average molecular weight is 283 g/mol. The number of hydrogen-bond acceptors (Lipinski definition) is 2. The van der Waals surface area contributed by atoms with Crippen molar-refractivity contribution in [2.45, 2.75) is 20.3 Å². The molecule has 0 fully saturated rings. The molecule has 0 spiro atoms. The van der Waals surface area contributed by atoms with E-state index in [9.17, 15) is 9.59 Å². The average Bonchev–Trinajstić information content (AvgIpc) is 2.37. The Hall–Kier alpha value is -1.55. The van der Waals surface area contributed by atoms with Crippen LogP contribution >= 0.6 is 11.6 Å². The highest BCUT2D eigenvalue weighted by Crippen LogP contribution is 2.09. The van der Waals surface area contributed by atoms with Crippen molar-refractivity contribution in [2.75, 3.05) is 13.1 Å². The molecule has 0 radical (unpaired) electrons. The van der Waals surface area contributed by atoms with E-state index in [0.717, 1.165) is 5.56 Å². The van der Waals surface area contributed by atoms with Gasteiger partial charge < -0.3 is 10.6 Å². The second-order valence-electron chi connectivity index (χ2n) is 4.60. The van der Waals surface area contributed by atoms with E-state index in [1.165, 1.54) is 0 Å². The van der Waals surface area contributed by atoms with E-state index >= 15 is 0 Å². The largest absolute Gasteiger partial charge is 0.354 e. The molecule has 2 amide bonds. The summed E-state index contributed by atoms with van der Waals surface area (Å²) in [5.41, 5.74) is 0.910. The summed E-state index contributed by atoms with van der Waals surface area (Å²) in [5.74, 6) is -0.113. The molecule has 0 saturated carbocycles. The fourth-order valence-corrected chi connectivity index (χ4v) is 1.57. The van der Waals surface area contributed by atoms with Crippen molar-refractivity contribution in [1.82, 2.24) is 10.6 Å². The molecule has 4 nitrogen and oxygen atoms in total. The first-order chi connectivity index (χ1) is 8.99. The van der Waals surface area contributed by atoms with Crippen LogP contribution < -0.4 is 10.6 Å². The summed E-state index contributed by atoms with van der Waals surface area (Å²) in [6, 6.07) is 7.16. The summed E-state index contributed by atoms with van der Waals surface area (Å²) >= 11 is 5.76. The minimum Gasteiger partial charge on any atom is -0.354 e. The predicted octanol–water partition coefficient (Wildman–Crippen LogP) is 1.77. The summed E-state index contributed by atoms with van der Waals surface area (Å²) in [5, 5.41) is 6.14. The van der Waals surface area contributed by atoms with Crippen molar-refractivity contribution >= 4 is 23.4 Å². The maximum atomic E-state index is 11.6. The molecule has 1 aromatic rings. The SMILES string of the molecule is CC(C)C(=O)NCCNC(=O)Cc1ccc(Cl)cc1. The summed E-state index contributed by atoms with van der Waals surface area (Å²) < 4.78 is 0. The standard InChI is InChI=1S/C14H19ClN2O2/c1-10(2)14(19)17-8-7-16-13(18)9-11-3-5-12(15)6-4-11/h3-6,10H,7-9H2,1-2H3,(H,16,18)(H,17,19). The van der Waals surface area contributed by atoms with Crippen LogP contribution in [-0.4, -0.2) is 24.9 Å². The zero-order valence-corrected chi connectivity index (χ0v) is 12.0. The van der Waals surface area contributed by atoms with Crippen molar-refractivity contribution < 1.29 is 9.59 Å². The Morgan fingerprint density at radius 3 is 2.26 bits per heavy atom. The van der Waals surface area contributed by atoms with Gasteiger partial charge in [-0.3, -0.25) is 9.59 Å². The topological polar surface area (TPSA) is 58.2 Å². The van der Waals surface area contributed by atoms with Crippen LogP contribution in [0.25, 0.3) is 0 Å². The molecule has 1 aromatic carbocycles. The van der Waals surface area contributed by atoms with Crippen LogP contribution in [0.4, 0.5) is 0 Å². The second-order valence-corrected chi connectivity index (χ2v) is 5.04. The molecule has 0 saturated heterocycles. The fourth-order valence-electron chi connectivity index (χ4n) is 1.44. The molecule has 0 aliphatic carbocycles. The third-order valence-electron chi connectivity index (χ3n) is 2.55. The lowest BCUT2D eigenvalue weighted by atomic mass is 10.1. The number of benzene rings is 1. The molecule has 0 unspecified atom stereocenters. The molecule has 19 heavy (non-hydrogen) atoms. The zero-order chi connectivity index (χ0) is 14.3. The van der Waals surface area contributed by atoms with E-state index in [-0.39, 0.29) is 17.7 Å². The van der Waals surface area contributed by atoms with Crippen molar-refractivity contribution in [2.24, 2.45) is 5.92 Å². The molecular formula is C14H19ClN2O2. The third-order valence-corrected chi connectivity index (χ3v) is 2.80. The number of rotatable bonds is 6. The van der Waals surface area contributed by atoms with Crippen molar-refractivity contribution in [1.29, 1.82) is 0 Å². The van der Waals surface area contributed by atoms with E-state index < -0.39 is 0 Å². The molecular weight excluding hydrogens is 264 g/mol. The smallest absolute Gasteiger partial charge is 0.224 e. The highest BCUT2D eigenvalue weighted by molar-refractivity contribution is 6.30. The van der Waals surface area contributed by atoms with Gasteiger partial charge in [-0.1, -0.05) is 37.6 Å². The first kappa shape index (κ1) is 15.5. The Balaban J connectivity index is 2.21. The van der Waals surface area contributed by atoms with Gasteiger partial charge in [-0.05, 0) is 17.7 Å². The lowest BCUT2D eigenvalue weighted by Gasteiger charge is -2.08. The van der Waals surface area contributed by atoms with Crippen LogP contribution in [0.1, 0.15) is 19.4 Å². The number of nitrogens with one attached hydrogen (secondary N) is 2. The number of carbonyl (C=O) groups excluding carboxylic acids is 2. The first-order valence-corrected chi connectivity index (χ1v) is 6.65. The molecule has 1 rings (SSSR count). The van der Waals surface area contributed by atoms with Gasteiger partial charge in [0, 0.05) is 24.0 Å². The molecule has 2 N–H and O–H groups in total. The van der Waals surface area contributed by atoms with E-state index in [2.05, 4.69) is 10.6 Å². The van der Waals surface area contributed by atoms with Gasteiger partial charge in [0.2, 0.25) is 11.8 Å². The Morgan fingerprint density at radius 1 is 1.11 bits per heavy atom. The van der Waals surface area contributed by atoms with Gasteiger partial charge in [0.05, 0.1) is 6.42 Å². The van der Waals surface area contributed by atoms with Crippen LogP contribution in [0.2, 0.25) is 5.02 Å². The van der Waals surface area contributed by atoms with E-state index in [1.807, 2.05) is 26.0 Å². The van der Waals surface area contributed by atoms with Gasteiger partial charge in [-0.25, -0.2) is 0 Å². The molecule has 5 heteroatoms. The summed E-state index contributed by atoms with van der Waals surface area (Å²) in [7, 11) is 0. The second kappa shape index (κ2) is 7.79. The summed E-state index contributed by atoms with van der Waals surface area (Å²) in [4.78, 5) is 22.9. The lowest BCUT2D eigenvalue weighted by molar-refractivity contribution is -0.124. The predicted molar refractivity (Wildman–Crippen MR) is 76.0 cm³/mol. The van der Waals surface area contributed by atoms with E-state index in [0.29, 0.717) is 24.5 Å². The van der Waals surface area contributed by atoms with Crippen LogP contribution in [0.5, 0.6) is 0 Å². The van der Waals surface area contributed by atoms with Gasteiger partial charge >= 0.3 is 0 Å². The quantitative estimate of drug-likeness (QED) is 0.781. The van der Waals surface area contributed by atoms with Crippen LogP contribution in [0.3, 0.4) is 0 Å². The maximum Gasteiger partial charge on any atom is 0.224 e. The number of carbonyl (C=O) groups is 2. The van der Waals surface area contributed by atoms with Crippen molar-refractivity contribution in [3.05, 3.63) is 34.9 Å². The van der Waals surface area contributed by atoms with Crippen LogP contribution in [0, 0.1) is 5.92 Å². The summed E-state index contributed by atoms with van der Waals surface area (Å²) in [6.07, 6.45) is 0.315. The van der Waals surface area contributed by atoms with Crippen LogP contribution in [-0.2, 0) is 16.0 Å². The molecule has 0 aromatic heterocycles. The van der Waals surface area contributed by atoms with Gasteiger partial charge in [0.25, 0.3) is 0 Å². The van der Waals surface area contributed by atoms with Crippen LogP contribution in [0.15, 0.2) is 24.3 Å². The van der Waals surface area contributed by atoms with E-state index in [4.69, 9.17) is 11.6 Å². The monoisotopic (exact) mass is 282 g/mol. The molecule has 0 bridgehead atoms. The Labute approximate surface area is 118 Å². The Morgan fingerprint density at radius 2 is 1.68 bits per heavy atom. The Kier molecular flexibility index (Phi) is 6.36. The molecule has 0 aliphatic rings.